The zero-order valence-corrected chi connectivity index (χ0v) is 22.0. The third-order valence-electron chi connectivity index (χ3n) is 6.19. The topological polar surface area (TPSA) is 69.0 Å². The van der Waals surface area contributed by atoms with Crippen molar-refractivity contribution in [3.8, 4) is 5.69 Å². The summed E-state index contributed by atoms with van der Waals surface area (Å²) in [6, 6.07) is 25.1. The molecule has 2 aromatic heterocycles. The van der Waals surface area contributed by atoms with Crippen LogP contribution >= 0.6 is 0 Å². The van der Waals surface area contributed by atoms with Gasteiger partial charge in [0.05, 0.1) is 17.2 Å². The highest BCUT2D eigenvalue weighted by atomic mass is 16.6. The minimum Gasteiger partial charge on any atom is -0.444 e. The summed E-state index contributed by atoms with van der Waals surface area (Å²) in [6.45, 7) is 6.15. The summed E-state index contributed by atoms with van der Waals surface area (Å²) in [5.41, 5.74) is 6.88. The highest BCUT2D eigenvalue weighted by molar-refractivity contribution is 6.03. The number of amides is 1. The molecule has 0 atom stereocenters. The van der Waals surface area contributed by atoms with Gasteiger partial charge < -0.3 is 10.1 Å². The number of imidazole rings is 1. The van der Waals surface area contributed by atoms with Gasteiger partial charge in [-0.05, 0) is 74.6 Å². The fourth-order valence-corrected chi connectivity index (χ4v) is 4.39. The number of alkyl carbamates (subject to hydrolysis) is 1. The van der Waals surface area contributed by atoms with E-state index in [9.17, 15) is 4.79 Å². The molecule has 5 aromatic rings. The Balaban J connectivity index is 1.33. The number of ether oxygens (including phenoxy) is 1. The molecule has 0 unspecified atom stereocenters. The van der Waals surface area contributed by atoms with E-state index in [-0.39, 0.29) is 6.09 Å². The van der Waals surface area contributed by atoms with Gasteiger partial charge >= 0.3 is 6.09 Å². The summed E-state index contributed by atoms with van der Waals surface area (Å²) in [7, 11) is 0. The molecule has 6 nitrogen and oxygen atoms in total. The highest BCUT2D eigenvalue weighted by Crippen LogP contribution is 2.27. The summed E-state index contributed by atoms with van der Waals surface area (Å²) < 4.78 is 7.41. The van der Waals surface area contributed by atoms with Crippen LogP contribution in [0.2, 0.25) is 0 Å². The zero-order chi connectivity index (χ0) is 26.5. The summed E-state index contributed by atoms with van der Waals surface area (Å²) in [4.78, 5) is 21.1. The highest BCUT2D eigenvalue weighted by Gasteiger charge is 2.15. The van der Waals surface area contributed by atoms with Gasteiger partial charge in [-0.1, -0.05) is 60.7 Å². The Labute approximate surface area is 223 Å². The lowest BCUT2D eigenvalue weighted by atomic mass is 10.1. The largest absolute Gasteiger partial charge is 0.444 e. The van der Waals surface area contributed by atoms with Crippen LogP contribution in [0.3, 0.4) is 0 Å². The Kier molecular flexibility index (Phi) is 7.22. The molecule has 38 heavy (non-hydrogen) atoms. The van der Waals surface area contributed by atoms with E-state index in [1.165, 1.54) is 5.56 Å². The van der Waals surface area contributed by atoms with Crippen LogP contribution in [0.4, 0.5) is 4.79 Å². The van der Waals surface area contributed by atoms with Gasteiger partial charge in [-0.15, -0.1) is 0 Å². The van der Waals surface area contributed by atoms with Gasteiger partial charge in [0.2, 0.25) is 0 Å². The Morgan fingerprint density at radius 1 is 0.921 bits per heavy atom. The van der Waals surface area contributed by atoms with Gasteiger partial charge in [0.15, 0.2) is 0 Å². The van der Waals surface area contributed by atoms with Crippen LogP contribution in [0, 0.1) is 0 Å². The monoisotopic (exact) mass is 504 g/mol. The molecular formula is C32H32N4O2. The van der Waals surface area contributed by atoms with E-state index in [4.69, 9.17) is 4.74 Å². The van der Waals surface area contributed by atoms with Crippen molar-refractivity contribution < 1.29 is 9.53 Å². The van der Waals surface area contributed by atoms with E-state index in [0.717, 1.165) is 51.6 Å². The van der Waals surface area contributed by atoms with Crippen molar-refractivity contribution in [3.63, 3.8) is 0 Å². The predicted molar refractivity (Wildman–Crippen MR) is 154 cm³/mol. The Morgan fingerprint density at radius 2 is 1.68 bits per heavy atom. The van der Waals surface area contributed by atoms with E-state index < -0.39 is 5.60 Å². The third kappa shape index (κ3) is 6.09. The maximum Gasteiger partial charge on any atom is 0.407 e. The molecular weight excluding hydrogens is 472 g/mol. The van der Waals surface area contributed by atoms with Crippen LogP contribution in [0.25, 0.3) is 39.8 Å². The van der Waals surface area contributed by atoms with Crippen LogP contribution in [-0.4, -0.2) is 32.8 Å². The molecule has 0 aliphatic carbocycles. The number of fused-ring (bicyclic) bond motifs is 3. The van der Waals surface area contributed by atoms with Gasteiger partial charge in [0, 0.05) is 17.6 Å². The van der Waals surface area contributed by atoms with Crippen molar-refractivity contribution in [2.45, 2.75) is 39.2 Å². The van der Waals surface area contributed by atoms with Crippen LogP contribution < -0.4 is 5.32 Å². The van der Waals surface area contributed by atoms with E-state index in [2.05, 4.69) is 86.6 Å². The predicted octanol–water partition coefficient (Wildman–Crippen LogP) is 7.20. The lowest BCUT2D eigenvalue weighted by Crippen LogP contribution is -2.33. The first-order valence-electron chi connectivity index (χ1n) is 12.9. The van der Waals surface area contributed by atoms with E-state index in [0.29, 0.717) is 6.54 Å². The number of hydrogen-bond donors (Lipinski definition) is 1. The van der Waals surface area contributed by atoms with Gasteiger partial charge in [0.25, 0.3) is 0 Å². The molecule has 0 saturated heterocycles. The molecule has 192 valence electrons. The molecule has 0 bridgehead atoms. The number of nitrogens with zero attached hydrogens (tertiary/aromatic N) is 3. The van der Waals surface area contributed by atoms with Crippen LogP contribution in [0.5, 0.6) is 0 Å². The van der Waals surface area contributed by atoms with Crippen molar-refractivity contribution in [2.24, 2.45) is 0 Å². The van der Waals surface area contributed by atoms with Gasteiger partial charge in [-0.2, -0.15) is 0 Å². The number of benzene rings is 3. The Hall–Kier alpha value is -4.45. The molecule has 0 spiro atoms. The summed E-state index contributed by atoms with van der Waals surface area (Å²) in [6.07, 6.45) is 9.26. The van der Waals surface area contributed by atoms with Gasteiger partial charge in [-0.3, -0.25) is 9.55 Å². The van der Waals surface area contributed by atoms with Crippen LogP contribution in [0.15, 0.2) is 85.3 Å². The van der Waals surface area contributed by atoms with Crippen molar-refractivity contribution in [3.05, 3.63) is 102 Å². The second kappa shape index (κ2) is 10.9. The van der Waals surface area contributed by atoms with Crippen molar-refractivity contribution in [2.75, 3.05) is 6.54 Å². The number of carbonyl (C=O) groups excluding carboxylic acids is 1. The first-order chi connectivity index (χ1) is 18.4. The SMILES string of the molecule is CC(C)(C)OC(=O)NCCCc1ccc(-n2cnc3cnc4ccc(C=Cc5ccccc5)cc4c32)cc1. The third-order valence-corrected chi connectivity index (χ3v) is 6.19. The second-order valence-corrected chi connectivity index (χ2v) is 10.3. The number of pyridine rings is 1. The quantitative estimate of drug-likeness (QED) is 0.188. The minimum atomic E-state index is -0.487. The van der Waals surface area contributed by atoms with Crippen LogP contribution in [0.1, 0.15) is 43.9 Å². The molecule has 0 saturated carbocycles. The number of nitrogens with one attached hydrogen (secondary N) is 1. The molecule has 2 heterocycles. The van der Waals surface area contributed by atoms with E-state index >= 15 is 0 Å². The number of aryl methyl sites for hydroxylation is 1. The molecule has 0 radical (unpaired) electrons. The molecule has 0 aliphatic rings. The standard InChI is InChI=1S/C32H32N4O2/c1-32(2,3)38-31(37)33-19-7-10-24-13-16-26(17-14-24)36-22-35-29-21-34-28-18-15-25(20-27(28)30(29)36)12-11-23-8-5-4-6-9-23/h4-6,8-9,11-18,20-22H,7,10,19H2,1-3H3,(H,33,37). The van der Waals surface area contributed by atoms with Crippen LogP contribution in [-0.2, 0) is 11.2 Å². The molecule has 0 fully saturated rings. The average molecular weight is 505 g/mol. The average Bonchev–Trinajstić information content (AvgIpc) is 3.35. The number of aromatic nitrogens is 3. The van der Waals surface area contributed by atoms with Crippen molar-refractivity contribution >= 4 is 40.2 Å². The summed E-state index contributed by atoms with van der Waals surface area (Å²) >= 11 is 0. The Morgan fingerprint density at radius 3 is 2.45 bits per heavy atom. The maximum absolute atomic E-state index is 11.8. The summed E-state index contributed by atoms with van der Waals surface area (Å²) in [5, 5.41) is 3.88. The van der Waals surface area contributed by atoms with E-state index in [1.54, 1.807) is 0 Å². The normalized spacial score (nSPS) is 11.9. The number of rotatable bonds is 7. The maximum atomic E-state index is 11.8. The summed E-state index contributed by atoms with van der Waals surface area (Å²) in [5.74, 6) is 0. The lowest BCUT2D eigenvalue weighted by molar-refractivity contribution is 0.0527. The van der Waals surface area contributed by atoms with Crippen molar-refractivity contribution in [1.29, 1.82) is 0 Å². The molecule has 5 rings (SSSR count). The minimum absolute atomic E-state index is 0.375. The molecule has 6 heteroatoms. The zero-order valence-electron chi connectivity index (χ0n) is 22.0. The molecule has 1 N–H and O–H groups in total. The smallest absolute Gasteiger partial charge is 0.407 e. The fraction of sp³-hybridized carbons (Fsp3) is 0.219. The van der Waals surface area contributed by atoms with Gasteiger partial charge in [-0.25, -0.2) is 9.78 Å². The molecule has 3 aromatic carbocycles. The molecule has 0 aliphatic heterocycles. The first-order valence-corrected chi connectivity index (χ1v) is 12.9. The van der Waals surface area contributed by atoms with Gasteiger partial charge in [0.1, 0.15) is 17.4 Å². The fourth-order valence-electron chi connectivity index (χ4n) is 4.39. The molecule has 1 amide bonds. The number of hydrogen-bond acceptors (Lipinski definition) is 4. The lowest BCUT2D eigenvalue weighted by Gasteiger charge is -2.19. The van der Waals surface area contributed by atoms with Crippen molar-refractivity contribution in [1.82, 2.24) is 19.9 Å². The second-order valence-electron chi connectivity index (χ2n) is 10.3. The number of carbonyl (C=O) groups is 1. The first kappa shape index (κ1) is 25.2. The Bertz CT molecular complexity index is 1580. The van der Waals surface area contributed by atoms with E-state index in [1.807, 2.05) is 51.5 Å².